The van der Waals surface area contributed by atoms with E-state index in [1.165, 1.54) is 38.5 Å². The molecule has 0 unspecified atom stereocenters. The predicted molar refractivity (Wildman–Crippen MR) is 105 cm³/mol. The summed E-state index contributed by atoms with van der Waals surface area (Å²) in [5.41, 5.74) is 0.444. The van der Waals surface area contributed by atoms with Gasteiger partial charge in [-0.15, -0.1) is 0 Å². The second-order valence-corrected chi connectivity index (χ2v) is 7.18. The van der Waals surface area contributed by atoms with E-state index < -0.39 is 17.9 Å². The van der Waals surface area contributed by atoms with E-state index in [0.29, 0.717) is 18.6 Å². The number of hydrogen-bond donors (Lipinski definition) is 2. The van der Waals surface area contributed by atoms with Crippen LogP contribution in [0.4, 0.5) is 0 Å². The molecular formula is C21H36O6. The second-order valence-electron chi connectivity index (χ2n) is 7.18. The number of esters is 1. The monoisotopic (exact) mass is 384 g/mol. The Morgan fingerprint density at radius 3 is 1.48 bits per heavy atom. The Kier molecular flexibility index (Phi) is 15.2. The minimum Gasteiger partial charge on any atom is -0.481 e. The topological polar surface area (TPSA) is 101 Å². The van der Waals surface area contributed by atoms with Crippen LogP contribution in [0.1, 0.15) is 90.4 Å². The molecule has 2 N–H and O–H groups in total. The maximum Gasteiger partial charge on any atom is 0.333 e. The highest BCUT2D eigenvalue weighted by atomic mass is 16.5. The molecule has 27 heavy (non-hydrogen) atoms. The van der Waals surface area contributed by atoms with Crippen LogP contribution in [0.2, 0.25) is 0 Å². The lowest BCUT2D eigenvalue weighted by atomic mass is 10.00. The summed E-state index contributed by atoms with van der Waals surface area (Å²) < 4.78 is 5.04. The summed E-state index contributed by atoms with van der Waals surface area (Å²) in [5, 5.41) is 17.6. The van der Waals surface area contributed by atoms with Crippen LogP contribution < -0.4 is 0 Å². The fourth-order valence-electron chi connectivity index (χ4n) is 2.86. The van der Waals surface area contributed by atoms with Crippen LogP contribution in [0.25, 0.3) is 0 Å². The third-order valence-electron chi connectivity index (χ3n) is 4.56. The van der Waals surface area contributed by atoms with E-state index in [9.17, 15) is 14.4 Å². The summed E-state index contributed by atoms with van der Waals surface area (Å²) in [7, 11) is 0. The first-order valence-corrected chi connectivity index (χ1v) is 10.1. The smallest absolute Gasteiger partial charge is 0.333 e. The number of carboxylic acid groups (broad SMARTS) is 2. The van der Waals surface area contributed by atoms with E-state index >= 15 is 0 Å². The molecule has 0 saturated heterocycles. The maximum absolute atomic E-state index is 11.2. The highest BCUT2D eigenvalue weighted by Crippen LogP contribution is 2.15. The summed E-state index contributed by atoms with van der Waals surface area (Å²) in [6.07, 6.45) is 13.1. The molecule has 0 spiro atoms. The predicted octanol–water partition coefficient (Wildman–Crippen LogP) is 4.96. The number of aliphatic carboxylic acids is 2. The number of hydrogen-bond acceptors (Lipinski definition) is 4. The maximum atomic E-state index is 11.2. The van der Waals surface area contributed by atoms with E-state index in [2.05, 4.69) is 6.58 Å². The standard InChI is InChI=1S/C21H36O6/c1-17(2)21(26)27-16-14-12-10-8-6-4-3-5-7-9-11-13-15-18(19(22)23)20(24)25/h18H,1,3-16H2,2H3,(H,22,23)(H,24,25). The van der Waals surface area contributed by atoms with Crippen LogP contribution in [0.15, 0.2) is 12.2 Å². The molecule has 0 rings (SSSR count). The number of ether oxygens (including phenoxy) is 1. The van der Waals surface area contributed by atoms with Crippen molar-refractivity contribution in [3.05, 3.63) is 12.2 Å². The zero-order valence-corrected chi connectivity index (χ0v) is 16.7. The van der Waals surface area contributed by atoms with Crippen molar-refractivity contribution in [2.75, 3.05) is 6.61 Å². The van der Waals surface area contributed by atoms with Crippen LogP contribution >= 0.6 is 0 Å². The van der Waals surface area contributed by atoms with Gasteiger partial charge in [0.1, 0.15) is 0 Å². The first-order valence-electron chi connectivity index (χ1n) is 10.1. The molecule has 0 saturated carbocycles. The Labute approximate surface area is 163 Å². The fraction of sp³-hybridized carbons (Fsp3) is 0.762. The highest BCUT2D eigenvalue weighted by molar-refractivity contribution is 5.92. The SMILES string of the molecule is C=C(C)C(=O)OCCCCCCCCCCCCCCC(C(=O)O)C(=O)O. The van der Waals surface area contributed by atoms with Gasteiger partial charge in [-0.05, 0) is 19.8 Å². The first kappa shape index (κ1) is 25.1. The van der Waals surface area contributed by atoms with Crippen LogP contribution in [-0.4, -0.2) is 34.7 Å². The van der Waals surface area contributed by atoms with E-state index in [1.54, 1.807) is 6.92 Å². The average molecular weight is 385 g/mol. The Balaban J connectivity index is 3.30. The van der Waals surface area contributed by atoms with Crippen molar-refractivity contribution in [1.29, 1.82) is 0 Å². The molecule has 0 bridgehead atoms. The Bertz CT molecular complexity index is 444. The van der Waals surface area contributed by atoms with Gasteiger partial charge in [0.25, 0.3) is 0 Å². The normalized spacial score (nSPS) is 10.7. The molecule has 6 nitrogen and oxygen atoms in total. The molecular weight excluding hydrogens is 348 g/mol. The van der Waals surface area contributed by atoms with E-state index in [-0.39, 0.29) is 12.4 Å². The largest absolute Gasteiger partial charge is 0.481 e. The molecule has 6 heteroatoms. The number of unbranched alkanes of at least 4 members (excludes halogenated alkanes) is 11. The highest BCUT2D eigenvalue weighted by Gasteiger charge is 2.24. The lowest BCUT2D eigenvalue weighted by molar-refractivity contribution is -0.154. The third-order valence-corrected chi connectivity index (χ3v) is 4.56. The summed E-state index contributed by atoms with van der Waals surface area (Å²) >= 11 is 0. The zero-order chi connectivity index (χ0) is 20.5. The van der Waals surface area contributed by atoms with E-state index in [4.69, 9.17) is 14.9 Å². The molecule has 0 aromatic rings. The van der Waals surface area contributed by atoms with E-state index in [0.717, 1.165) is 32.1 Å². The summed E-state index contributed by atoms with van der Waals surface area (Å²) in [6.45, 7) is 5.67. The molecule has 0 aromatic carbocycles. The molecule has 0 atom stereocenters. The zero-order valence-electron chi connectivity index (χ0n) is 16.7. The van der Waals surface area contributed by atoms with Crippen LogP contribution in [0, 0.1) is 5.92 Å². The molecule has 0 aliphatic heterocycles. The average Bonchev–Trinajstić information content (AvgIpc) is 2.60. The van der Waals surface area contributed by atoms with E-state index in [1.807, 2.05) is 0 Å². The Hall–Kier alpha value is -1.85. The second kappa shape index (κ2) is 16.3. The van der Waals surface area contributed by atoms with Crippen molar-refractivity contribution in [3.8, 4) is 0 Å². The van der Waals surface area contributed by atoms with Crippen molar-refractivity contribution in [2.24, 2.45) is 5.92 Å². The quantitative estimate of drug-likeness (QED) is 0.150. The summed E-state index contributed by atoms with van der Waals surface area (Å²) in [4.78, 5) is 32.7. The van der Waals surface area contributed by atoms with Crippen LogP contribution in [-0.2, 0) is 19.1 Å². The van der Waals surface area contributed by atoms with Gasteiger partial charge in [0.05, 0.1) is 6.61 Å². The number of carboxylic acids is 2. The molecule has 0 heterocycles. The molecule has 0 radical (unpaired) electrons. The minimum absolute atomic E-state index is 0.219. The molecule has 0 aliphatic rings. The molecule has 156 valence electrons. The van der Waals surface area contributed by atoms with Gasteiger partial charge in [-0.1, -0.05) is 77.2 Å². The van der Waals surface area contributed by atoms with Crippen molar-refractivity contribution in [1.82, 2.24) is 0 Å². The van der Waals surface area contributed by atoms with Gasteiger partial charge in [0, 0.05) is 5.57 Å². The molecule has 0 aromatic heterocycles. The number of carbonyl (C=O) groups excluding carboxylic acids is 1. The van der Waals surface area contributed by atoms with Gasteiger partial charge >= 0.3 is 17.9 Å². The van der Waals surface area contributed by atoms with Gasteiger partial charge in [-0.3, -0.25) is 9.59 Å². The van der Waals surface area contributed by atoms with Gasteiger partial charge in [-0.25, -0.2) is 4.79 Å². The van der Waals surface area contributed by atoms with Gasteiger partial charge in [-0.2, -0.15) is 0 Å². The first-order chi connectivity index (χ1) is 12.9. The third kappa shape index (κ3) is 15.0. The molecule has 0 amide bonds. The van der Waals surface area contributed by atoms with Crippen molar-refractivity contribution < 1.29 is 29.3 Å². The Morgan fingerprint density at radius 1 is 0.741 bits per heavy atom. The number of carbonyl (C=O) groups is 3. The van der Waals surface area contributed by atoms with Crippen molar-refractivity contribution in [3.63, 3.8) is 0 Å². The van der Waals surface area contributed by atoms with Crippen molar-refractivity contribution >= 4 is 17.9 Å². The van der Waals surface area contributed by atoms with Crippen LogP contribution in [0.5, 0.6) is 0 Å². The lowest BCUT2D eigenvalue weighted by Crippen LogP contribution is -2.23. The molecule has 0 aliphatic carbocycles. The molecule has 0 fully saturated rings. The number of rotatable bonds is 18. The van der Waals surface area contributed by atoms with Gasteiger partial charge in [0.2, 0.25) is 0 Å². The van der Waals surface area contributed by atoms with Gasteiger partial charge < -0.3 is 14.9 Å². The fourth-order valence-corrected chi connectivity index (χ4v) is 2.86. The van der Waals surface area contributed by atoms with Gasteiger partial charge in [0.15, 0.2) is 5.92 Å². The van der Waals surface area contributed by atoms with Crippen molar-refractivity contribution in [2.45, 2.75) is 90.4 Å². The summed E-state index contributed by atoms with van der Waals surface area (Å²) in [6, 6.07) is 0. The summed E-state index contributed by atoms with van der Waals surface area (Å²) in [5.74, 6) is -4.05. The van der Waals surface area contributed by atoms with Crippen LogP contribution in [0.3, 0.4) is 0 Å². The Morgan fingerprint density at radius 2 is 1.11 bits per heavy atom. The lowest BCUT2D eigenvalue weighted by Gasteiger charge is -2.07. The minimum atomic E-state index is -1.26.